The van der Waals surface area contributed by atoms with Crippen LogP contribution < -0.4 is 14.8 Å². The van der Waals surface area contributed by atoms with E-state index in [-0.39, 0.29) is 12.3 Å². The summed E-state index contributed by atoms with van der Waals surface area (Å²) in [7, 11) is 1.60. The van der Waals surface area contributed by atoms with Crippen LogP contribution in [0.2, 0.25) is 0 Å². The number of hydrogen-bond donors (Lipinski definition) is 2. The van der Waals surface area contributed by atoms with E-state index in [4.69, 9.17) is 9.47 Å². The third kappa shape index (κ3) is 5.92. The summed E-state index contributed by atoms with van der Waals surface area (Å²) in [6.45, 7) is 1.81. The maximum Gasteiger partial charge on any atom is 0.269 e. The van der Waals surface area contributed by atoms with E-state index in [2.05, 4.69) is 31.2 Å². The van der Waals surface area contributed by atoms with Gasteiger partial charge in [0.1, 0.15) is 12.4 Å². The first-order valence-corrected chi connectivity index (χ1v) is 11.7. The monoisotopic (exact) mass is 524 g/mol. The van der Waals surface area contributed by atoms with Crippen LogP contribution in [0.4, 0.5) is 5.69 Å². The van der Waals surface area contributed by atoms with Crippen molar-refractivity contribution >= 4 is 32.7 Å². The highest BCUT2D eigenvalue weighted by Gasteiger charge is 2.12. The maximum absolute atomic E-state index is 10.8. The topological polar surface area (TPSA) is 102 Å². The summed E-state index contributed by atoms with van der Waals surface area (Å²) in [6.07, 6.45) is 1.84. The zero-order chi connectivity index (χ0) is 23.9. The van der Waals surface area contributed by atoms with Crippen LogP contribution in [0.3, 0.4) is 0 Å². The highest BCUT2D eigenvalue weighted by Crippen LogP contribution is 2.34. The molecule has 9 heteroatoms. The Balaban J connectivity index is 1.28. The molecule has 0 unspecified atom stereocenters. The lowest BCUT2D eigenvalue weighted by Crippen LogP contribution is -2.16. The molecule has 176 valence electrons. The molecule has 2 N–H and O–H groups in total. The van der Waals surface area contributed by atoms with Crippen molar-refractivity contribution in [2.75, 3.05) is 13.7 Å². The van der Waals surface area contributed by atoms with Gasteiger partial charge < -0.3 is 19.8 Å². The fourth-order valence-corrected chi connectivity index (χ4v) is 4.05. The average molecular weight is 525 g/mol. The van der Waals surface area contributed by atoms with E-state index in [1.807, 2.05) is 36.4 Å². The van der Waals surface area contributed by atoms with E-state index in [1.54, 1.807) is 19.2 Å². The van der Waals surface area contributed by atoms with Gasteiger partial charge >= 0.3 is 0 Å². The van der Waals surface area contributed by atoms with Crippen LogP contribution in [0, 0.1) is 10.1 Å². The number of fused-ring (bicyclic) bond motifs is 1. The van der Waals surface area contributed by atoms with E-state index < -0.39 is 4.92 Å². The molecule has 4 aromatic rings. The number of hydrogen-bond acceptors (Lipinski definition) is 6. The smallest absolute Gasteiger partial charge is 0.269 e. The molecule has 0 aliphatic heterocycles. The zero-order valence-electron chi connectivity index (χ0n) is 18.7. The molecule has 0 saturated carbocycles. The number of nitrogens with one attached hydrogen (secondary N) is 2. The number of aryl methyl sites for hydroxylation is 1. The molecule has 0 aliphatic carbocycles. The number of non-ortho nitro benzene ring substituents is 1. The fourth-order valence-electron chi connectivity index (χ4n) is 3.59. The van der Waals surface area contributed by atoms with E-state index in [0.717, 1.165) is 51.8 Å². The molecule has 0 bridgehead atoms. The Morgan fingerprint density at radius 3 is 2.65 bits per heavy atom. The Bertz CT molecular complexity index is 1240. The van der Waals surface area contributed by atoms with Gasteiger partial charge in [0.15, 0.2) is 11.5 Å². The fraction of sp³-hybridized carbons (Fsp3) is 0.240. The van der Waals surface area contributed by atoms with Crippen LogP contribution in [0.25, 0.3) is 11.0 Å². The number of benzene rings is 3. The Morgan fingerprint density at radius 2 is 1.91 bits per heavy atom. The number of para-hydroxylation sites is 2. The minimum atomic E-state index is -0.420. The van der Waals surface area contributed by atoms with Crippen LogP contribution in [-0.2, 0) is 19.6 Å². The van der Waals surface area contributed by atoms with Crippen LogP contribution in [-0.4, -0.2) is 28.5 Å². The standard InChI is InChI=1S/C25H25BrN4O4/c1-33-23-13-18(15-27-12-4-7-25-28-21-5-2-3-6-22(21)29-25)20(26)14-24(23)34-16-17-8-10-19(11-9-17)30(31)32/h2-3,5-6,8-11,13-14,27H,4,7,12,15-16H2,1H3,(H,28,29). The molecular formula is C25H25BrN4O4. The number of methoxy groups -OCH3 is 1. The molecule has 4 rings (SSSR count). The van der Waals surface area contributed by atoms with E-state index in [1.165, 1.54) is 12.1 Å². The molecular weight excluding hydrogens is 500 g/mol. The van der Waals surface area contributed by atoms with Gasteiger partial charge in [-0.05, 0) is 60.5 Å². The van der Waals surface area contributed by atoms with Crippen LogP contribution in [0.1, 0.15) is 23.4 Å². The predicted molar refractivity (Wildman–Crippen MR) is 134 cm³/mol. The summed E-state index contributed by atoms with van der Waals surface area (Å²) >= 11 is 3.62. The van der Waals surface area contributed by atoms with Crippen molar-refractivity contribution in [3.8, 4) is 11.5 Å². The molecule has 0 radical (unpaired) electrons. The predicted octanol–water partition coefficient (Wildman–Crippen LogP) is 5.54. The Hall–Kier alpha value is -3.43. The Kier molecular flexibility index (Phi) is 7.76. The molecule has 1 aromatic heterocycles. The van der Waals surface area contributed by atoms with Gasteiger partial charge in [-0.2, -0.15) is 0 Å². The van der Waals surface area contributed by atoms with Gasteiger partial charge in [0.05, 0.1) is 23.1 Å². The second-order valence-corrected chi connectivity index (χ2v) is 8.64. The number of nitro groups is 1. The molecule has 1 heterocycles. The highest BCUT2D eigenvalue weighted by molar-refractivity contribution is 9.10. The third-order valence-corrected chi connectivity index (χ3v) is 6.13. The van der Waals surface area contributed by atoms with Crippen molar-refractivity contribution in [1.82, 2.24) is 15.3 Å². The summed E-state index contributed by atoms with van der Waals surface area (Å²) in [5.74, 6) is 2.23. The number of aromatic nitrogens is 2. The van der Waals surface area contributed by atoms with E-state index in [9.17, 15) is 10.1 Å². The SMILES string of the molecule is COc1cc(CNCCCc2nc3ccccc3[nH]2)c(Br)cc1OCc1ccc([N+](=O)[O-])cc1. The number of H-pyrrole nitrogens is 1. The minimum absolute atomic E-state index is 0.0542. The van der Waals surface area contributed by atoms with Crippen molar-refractivity contribution in [1.29, 1.82) is 0 Å². The van der Waals surface area contributed by atoms with Crippen LogP contribution in [0.5, 0.6) is 11.5 Å². The number of rotatable bonds is 11. The maximum atomic E-state index is 10.8. The van der Waals surface area contributed by atoms with Crippen molar-refractivity contribution in [3.05, 3.63) is 92.2 Å². The normalized spacial score (nSPS) is 11.0. The van der Waals surface area contributed by atoms with E-state index in [0.29, 0.717) is 18.0 Å². The first kappa shape index (κ1) is 23.7. The molecule has 0 amide bonds. The first-order valence-electron chi connectivity index (χ1n) is 10.9. The summed E-state index contributed by atoms with van der Waals surface area (Å²) in [5.41, 5.74) is 4.01. The summed E-state index contributed by atoms with van der Waals surface area (Å²) in [5, 5.41) is 14.3. The lowest BCUT2D eigenvalue weighted by atomic mass is 10.2. The van der Waals surface area contributed by atoms with Gasteiger partial charge in [-0.25, -0.2) is 4.98 Å². The highest BCUT2D eigenvalue weighted by atomic mass is 79.9. The molecule has 34 heavy (non-hydrogen) atoms. The van der Waals surface area contributed by atoms with Gasteiger partial charge in [-0.1, -0.05) is 28.1 Å². The summed E-state index contributed by atoms with van der Waals surface area (Å²) in [6, 6.07) is 18.2. The van der Waals surface area contributed by atoms with Gasteiger partial charge in [-0.3, -0.25) is 10.1 Å². The van der Waals surface area contributed by atoms with Crippen molar-refractivity contribution in [3.63, 3.8) is 0 Å². The van der Waals surface area contributed by atoms with Crippen LogP contribution >= 0.6 is 15.9 Å². The summed E-state index contributed by atoms with van der Waals surface area (Å²) in [4.78, 5) is 18.4. The van der Waals surface area contributed by atoms with Gasteiger partial charge in [0, 0.05) is 29.6 Å². The average Bonchev–Trinajstić information content (AvgIpc) is 3.26. The van der Waals surface area contributed by atoms with Crippen molar-refractivity contribution < 1.29 is 14.4 Å². The number of imidazole rings is 1. The molecule has 0 saturated heterocycles. The number of halogens is 1. The molecule has 0 spiro atoms. The number of nitro benzene ring substituents is 1. The summed E-state index contributed by atoms with van der Waals surface area (Å²) < 4.78 is 12.3. The van der Waals surface area contributed by atoms with Gasteiger partial charge in [-0.15, -0.1) is 0 Å². The molecule has 0 fully saturated rings. The molecule has 3 aromatic carbocycles. The quantitative estimate of drug-likeness (QED) is 0.151. The van der Waals surface area contributed by atoms with Gasteiger partial charge in [0.2, 0.25) is 0 Å². The lowest BCUT2D eigenvalue weighted by Gasteiger charge is -2.14. The van der Waals surface area contributed by atoms with Crippen LogP contribution in [0.15, 0.2) is 65.1 Å². The zero-order valence-corrected chi connectivity index (χ0v) is 20.3. The lowest BCUT2D eigenvalue weighted by molar-refractivity contribution is -0.384. The minimum Gasteiger partial charge on any atom is -0.493 e. The number of nitrogens with zero attached hydrogens (tertiary/aromatic N) is 2. The third-order valence-electron chi connectivity index (χ3n) is 5.40. The van der Waals surface area contributed by atoms with Crippen molar-refractivity contribution in [2.45, 2.75) is 26.0 Å². The second kappa shape index (κ2) is 11.1. The largest absolute Gasteiger partial charge is 0.493 e. The number of ether oxygens (including phenoxy) is 2. The van der Waals surface area contributed by atoms with E-state index >= 15 is 0 Å². The van der Waals surface area contributed by atoms with Crippen molar-refractivity contribution in [2.24, 2.45) is 0 Å². The second-order valence-electron chi connectivity index (χ2n) is 7.79. The first-order chi connectivity index (χ1) is 16.5. The molecule has 8 nitrogen and oxygen atoms in total. The number of aromatic amines is 1. The van der Waals surface area contributed by atoms with Gasteiger partial charge in [0.25, 0.3) is 5.69 Å². The molecule has 0 atom stereocenters. The Labute approximate surface area is 205 Å². The molecule has 0 aliphatic rings. The Morgan fingerprint density at radius 1 is 1.12 bits per heavy atom.